The Kier molecular flexibility index (Phi) is 7.26. The molecule has 0 aliphatic rings. The molecule has 0 aliphatic heterocycles. The van der Waals surface area contributed by atoms with E-state index in [1.807, 2.05) is 17.2 Å². The second-order valence-corrected chi connectivity index (χ2v) is 3.77. The molecule has 0 atom stereocenters. The maximum atomic E-state index is 3.73. The van der Waals surface area contributed by atoms with E-state index in [1.54, 1.807) is 0 Å². The van der Waals surface area contributed by atoms with E-state index in [4.69, 9.17) is 0 Å². The van der Waals surface area contributed by atoms with E-state index in [1.165, 1.54) is 25.7 Å². The zero-order valence-corrected chi connectivity index (χ0v) is 7.91. The van der Waals surface area contributed by atoms with Gasteiger partial charge in [-0.3, -0.25) is 0 Å². The predicted molar refractivity (Wildman–Crippen MR) is 51.4 cm³/mol. The van der Waals surface area contributed by atoms with Gasteiger partial charge in [0.2, 0.25) is 0 Å². The average Bonchev–Trinajstić information content (AvgIpc) is 1.90. The van der Waals surface area contributed by atoms with Gasteiger partial charge >= 0.3 is 0 Å². The quantitative estimate of drug-likeness (QED) is 0.566. The molecule has 0 amide bonds. The molecule has 0 nitrogen and oxygen atoms in total. The van der Waals surface area contributed by atoms with E-state index in [-0.39, 0.29) is 0 Å². The number of hydrogen-bond donors (Lipinski definition) is 0. The molecular formula is C9H18S. The average molecular weight is 158 g/mol. The summed E-state index contributed by atoms with van der Waals surface area (Å²) in [5.41, 5.74) is 0. The lowest BCUT2D eigenvalue weighted by molar-refractivity contribution is 0.674. The lowest BCUT2D eigenvalue weighted by atomic mass is 10.2. The van der Waals surface area contributed by atoms with E-state index < -0.39 is 0 Å². The third-order valence-electron chi connectivity index (χ3n) is 1.51. The van der Waals surface area contributed by atoms with Gasteiger partial charge in [-0.2, -0.15) is 0 Å². The van der Waals surface area contributed by atoms with Gasteiger partial charge in [0.25, 0.3) is 0 Å². The molecule has 0 N–H and O–H groups in total. The Balaban J connectivity index is 3.38. The van der Waals surface area contributed by atoms with Crippen LogP contribution in [0.3, 0.4) is 0 Å². The fraction of sp³-hybridized carbons (Fsp3) is 0.778. The number of rotatable bonds is 6. The molecule has 0 saturated heterocycles. The molecule has 0 unspecified atom stereocenters. The van der Waals surface area contributed by atoms with Crippen LogP contribution in [-0.2, 0) is 0 Å². The van der Waals surface area contributed by atoms with Gasteiger partial charge in [0, 0.05) is 5.25 Å². The number of hydrogen-bond acceptors (Lipinski definition) is 1. The Bertz CT molecular complexity index is 72.8. The van der Waals surface area contributed by atoms with Crippen LogP contribution in [0, 0.1) is 0 Å². The Morgan fingerprint density at radius 1 is 1.30 bits per heavy atom. The van der Waals surface area contributed by atoms with Crippen molar-refractivity contribution in [3.05, 3.63) is 12.0 Å². The lowest BCUT2D eigenvalue weighted by Crippen LogP contribution is -1.99. The van der Waals surface area contributed by atoms with Gasteiger partial charge in [-0.05, 0) is 18.2 Å². The number of thioether (sulfide) groups is 1. The first kappa shape index (κ1) is 10.1. The van der Waals surface area contributed by atoms with Crippen LogP contribution in [0.15, 0.2) is 12.0 Å². The van der Waals surface area contributed by atoms with Crippen LogP contribution in [0.4, 0.5) is 0 Å². The molecule has 0 rings (SSSR count). The minimum Gasteiger partial charge on any atom is -0.131 e. The van der Waals surface area contributed by atoms with Crippen LogP contribution in [0.1, 0.15) is 39.5 Å². The minimum atomic E-state index is 0.826. The molecule has 0 bridgehead atoms. The predicted octanol–water partition coefficient (Wildman–Crippen LogP) is 3.83. The molecule has 0 fully saturated rings. The van der Waals surface area contributed by atoms with Gasteiger partial charge in [0.15, 0.2) is 0 Å². The molecule has 0 aromatic heterocycles. The van der Waals surface area contributed by atoms with Crippen LogP contribution in [0.5, 0.6) is 0 Å². The van der Waals surface area contributed by atoms with E-state index in [0.29, 0.717) is 0 Å². The topological polar surface area (TPSA) is 0 Å². The first-order valence-electron chi connectivity index (χ1n) is 4.11. The van der Waals surface area contributed by atoms with Crippen LogP contribution >= 0.6 is 11.8 Å². The highest BCUT2D eigenvalue weighted by Crippen LogP contribution is 2.21. The van der Waals surface area contributed by atoms with E-state index in [9.17, 15) is 0 Å². The standard InChI is InChI=1S/C9H18S/c1-4-7-9(8-5-2)10-6-3/h6,9H,3-5,7-8H2,1-2H3. The highest BCUT2D eigenvalue weighted by Gasteiger charge is 2.03. The van der Waals surface area contributed by atoms with Crippen molar-refractivity contribution in [3.63, 3.8) is 0 Å². The van der Waals surface area contributed by atoms with Crippen LogP contribution in [-0.4, -0.2) is 5.25 Å². The summed E-state index contributed by atoms with van der Waals surface area (Å²) in [4.78, 5) is 0. The largest absolute Gasteiger partial charge is 0.131 e. The summed E-state index contributed by atoms with van der Waals surface area (Å²) in [6.07, 6.45) is 5.27. The Labute approximate surface area is 69.1 Å². The van der Waals surface area contributed by atoms with Gasteiger partial charge in [0.1, 0.15) is 0 Å². The normalized spacial score (nSPS) is 10.3. The van der Waals surface area contributed by atoms with Gasteiger partial charge in [-0.1, -0.05) is 33.3 Å². The molecule has 0 spiro atoms. The highest BCUT2D eigenvalue weighted by molar-refractivity contribution is 8.02. The summed E-state index contributed by atoms with van der Waals surface area (Å²) < 4.78 is 0. The van der Waals surface area contributed by atoms with E-state index in [0.717, 1.165) is 5.25 Å². The molecule has 0 radical (unpaired) electrons. The van der Waals surface area contributed by atoms with E-state index in [2.05, 4.69) is 20.4 Å². The summed E-state index contributed by atoms with van der Waals surface area (Å²) >= 11 is 1.89. The van der Waals surface area contributed by atoms with Crippen molar-refractivity contribution >= 4 is 11.8 Å². The van der Waals surface area contributed by atoms with Crippen molar-refractivity contribution < 1.29 is 0 Å². The fourth-order valence-corrected chi connectivity index (χ4v) is 2.08. The molecule has 0 aromatic carbocycles. The first-order valence-corrected chi connectivity index (χ1v) is 5.05. The van der Waals surface area contributed by atoms with Gasteiger partial charge in [-0.25, -0.2) is 0 Å². The summed E-state index contributed by atoms with van der Waals surface area (Å²) in [5, 5.41) is 2.79. The molecule has 10 heavy (non-hydrogen) atoms. The SMILES string of the molecule is C=CSC(CCC)CCC. The van der Waals surface area contributed by atoms with Crippen LogP contribution < -0.4 is 0 Å². The van der Waals surface area contributed by atoms with Gasteiger partial charge < -0.3 is 0 Å². The first-order chi connectivity index (χ1) is 4.85. The van der Waals surface area contributed by atoms with Crippen molar-refractivity contribution in [2.24, 2.45) is 0 Å². The second-order valence-electron chi connectivity index (χ2n) is 2.50. The Morgan fingerprint density at radius 2 is 1.80 bits per heavy atom. The molecule has 1 heteroatoms. The van der Waals surface area contributed by atoms with Crippen molar-refractivity contribution in [3.8, 4) is 0 Å². The van der Waals surface area contributed by atoms with Gasteiger partial charge in [-0.15, -0.1) is 11.8 Å². The molecule has 0 heterocycles. The lowest BCUT2D eigenvalue weighted by Gasteiger charge is -2.10. The molecule has 0 saturated carbocycles. The summed E-state index contributed by atoms with van der Waals surface area (Å²) in [5.74, 6) is 0. The summed E-state index contributed by atoms with van der Waals surface area (Å²) in [6.45, 7) is 8.21. The van der Waals surface area contributed by atoms with Crippen molar-refractivity contribution in [1.82, 2.24) is 0 Å². The van der Waals surface area contributed by atoms with E-state index >= 15 is 0 Å². The molecule has 0 aliphatic carbocycles. The maximum absolute atomic E-state index is 3.73. The summed E-state index contributed by atoms with van der Waals surface area (Å²) in [7, 11) is 0. The molecule has 0 aromatic rings. The smallest absolute Gasteiger partial charge is 0.00880 e. The highest BCUT2D eigenvalue weighted by atomic mass is 32.2. The fourth-order valence-electron chi connectivity index (χ4n) is 1.06. The minimum absolute atomic E-state index is 0.826. The van der Waals surface area contributed by atoms with Crippen LogP contribution in [0.25, 0.3) is 0 Å². The second kappa shape index (κ2) is 7.20. The third-order valence-corrected chi connectivity index (χ3v) is 2.56. The third kappa shape index (κ3) is 4.92. The maximum Gasteiger partial charge on any atom is 0.00880 e. The van der Waals surface area contributed by atoms with Gasteiger partial charge in [0.05, 0.1) is 0 Å². The van der Waals surface area contributed by atoms with Crippen LogP contribution in [0.2, 0.25) is 0 Å². The zero-order chi connectivity index (χ0) is 7.82. The summed E-state index contributed by atoms with van der Waals surface area (Å²) in [6, 6.07) is 0. The monoisotopic (exact) mass is 158 g/mol. The van der Waals surface area contributed by atoms with Crippen molar-refractivity contribution in [2.45, 2.75) is 44.8 Å². The molecule has 60 valence electrons. The van der Waals surface area contributed by atoms with Crippen molar-refractivity contribution in [2.75, 3.05) is 0 Å². The Hall–Kier alpha value is 0.0900. The molecular weight excluding hydrogens is 140 g/mol. The Morgan fingerprint density at radius 3 is 2.10 bits per heavy atom. The zero-order valence-electron chi connectivity index (χ0n) is 7.10. The van der Waals surface area contributed by atoms with Crippen molar-refractivity contribution in [1.29, 1.82) is 0 Å².